The van der Waals surface area contributed by atoms with Gasteiger partial charge in [0.1, 0.15) is 17.0 Å². The number of benzene rings is 3. The van der Waals surface area contributed by atoms with Crippen molar-refractivity contribution in [3.05, 3.63) is 99.7 Å². The number of hydrogen-bond donors (Lipinski definition) is 2. The number of oxazole rings is 1. The zero-order valence-corrected chi connectivity index (χ0v) is 22.7. The molecule has 38 heavy (non-hydrogen) atoms. The number of halogens is 2. The summed E-state index contributed by atoms with van der Waals surface area (Å²) < 4.78 is 11.7. The summed E-state index contributed by atoms with van der Waals surface area (Å²) in [6.07, 6.45) is 2.90. The smallest absolute Gasteiger partial charge is 0.250 e. The first-order valence-corrected chi connectivity index (χ1v) is 12.7. The van der Waals surface area contributed by atoms with Crippen LogP contribution in [0.4, 0.5) is 5.69 Å². The summed E-state index contributed by atoms with van der Waals surface area (Å²) >= 11 is 17.9. The monoisotopic (exact) mass is 561 g/mol. The van der Waals surface area contributed by atoms with E-state index in [1.165, 1.54) is 6.08 Å². The quantitative estimate of drug-likeness (QED) is 0.166. The van der Waals surface area contributed by atoms with Crippen molar-refractivity contribution in [2.45, 2.75) is 13.8 Å². The van der Waals surface area contributed by atoms with Crippen molar-refractivity contribution in [3.63, 3.8) is 0 Å². The van der Waals surface area contributed by atoms with Crippen molar-refractivity contribution < 1.29 is 13.6 Å². The Bertz CT molecular complexity index is 1720. The molecule has 9 heteroatoms. The molecule has 2 aromatic heterocycles. The predicted molar refractivity (Wildman–Crippen MR) is 156 cm³/mol. The van der Waals surface area contributed by atoms with Crippen LogP contribution in [0.3, 0.4) is 0 Å². The van der Waals surface area contributed by atoms with Gasteiger partial charge in [0.25, 0.3) is 0 Å². The van der Waals surface area contributed by atoms with Crippen molar-refractivity contribution in [2.24, 2.45) is 0 Å². The molecule has 0 aliphatic heterocycles. The Labute approximate surface area is 234 Å². The predicted octanol–water partition coefficient (Wildman–Crippen LogP) is 8.20. The number of carbonyl (C=O) groups is 1. The maximum atomic E-state index is 12.4. The molecule has 2 heterocycles. The first-order chi connectivity index (χ1) is 18.2. The Morgan fingerprint density at radius 2 is 1.79 bits per heavy atom. The number of nitrogens with zero attached hydrogens (tertiary/aromatic N) is 1. The van der Waals surface area contributed by atoms with Crippen LogP contribution in [-0.4, -0.2) is 16.0 Å². The zero-order chi connectivity index (χ0) is 26.8. The topological polar surface area (TPSA) is 80.3 Å². The van der Waals surface area contributed by atoms with Crippen LogP contribution < -0.4 is 10.6 Å². The Balaban J connectivity index is 1.23. The van der Waals surface area contributed by atoms with E-state index in [0.717, 1.165) is 22.2 Å². The number of furan rings is 1. The minimum Gasteiger partial charge on any atom is -0.457 e. The Kier molecular flexibility index (Phi) is 7.33. The van der Waals surface area contributed by atoms with Crippen LogP contribution in [0.15, 0.2) is 81.6 Å². The van der Waals surface area contributed by atoms with E-state index in [9.17, 15) is 4.79 Å². The number of rotatable bonds is 5. The number of amides is 1. The number of hydrogen-bond acceptors (Lipinski definition) is 5. The van der Waals surface area contributed by atoms with Crippen molar-refractivity contribution >= 4 is 69.3 Å². The SMILES string of the molecule is Cc1ccc2oc(-c3cc(NC(=S)NC(=O)/C=C/c4ccc(-c5ccc(C)c(Cl)c5)o4)ccc3Cl)nc2c1. The second-order valence-electron chi connectivity index (χ2n) is 8.63. The number of aryl methyl sites for hydroxylation is 2. The lowest BCUT2D eigenvalue weighted by Gasteiger charge is -2.09. The lowest BCUT2D eigenvalue weighted by molar-refractivity contribution is -0.115. The molecule has 0 radical (unpaired) electrons. The van der Waals surface area contributed by atoms with Crippen LogP contribution in [0.25, 0.3) is 40.0 Å². The van der Waals surface area contributed by atoms with Crippen LogP contribution in [0.5, 0.6) is 0 Å². The number of nitrogens with one attached hydrogen (secondary N) is 2. The maximum Gasteiger partial charge on any atom is 0.250 e. The van der Waals surface area contributed by atoms with E-state index in [-0.39, 0.29) is 5.11 Å². The van der Waals surface area contributed by atoms with E-state index in [1.54, 1.807) is 30.3 Å². The Morgan fingerprint density at radius 3 is 2.61 bits per heavy atom. The largest absolute Gasteiger partial charge is 0.457 e. The van der Waals surface area contributed by atoms with Gasteiger partial charge in [-0.1, -0.05) is 41.4 Å². The van der Waals surface area contributed by atoms with E-state index >= 15 is 0 Å². The highest BCUT2D eigenvalue weighted by Crippen LogP contribution is 2.32. The standard InChI is InChI=1S/C29H21Cl2N3O3S/c1-16-3-10-26-24(13-16)33-28(37-26)21-15-19(6-9-22(21)30)32-29(38)34-27(35)12-8-20-7-11-25(36-20)18-5-4-17(2)23(31)14-18/h3-15H,1-2H3,(H2,32,34,35,38)/b12-8+. The molecule has 0 fully saturated rings. The van der Waals surface area contributed by atoms with Crippen LogP contribution in [0.1, 0.15) is 16.9 Å². The van der Waals surface area contributed by atoms with Gasteiger partial charge in [-0.3, -0.25) is 10.1 Å². The highest BCUT2D eigenvalue weighted by molar-refractivity contribution is 7.80. The first-order valence-electron chi connectivity index (χ1n) is 11.6. The molecule has 0 aliphatic carbocycles. The minimum absolute atomic E-state index is 0.121. The van der Waals surface area contributed by atoms with Gasteiger partial charge in [0.05, 0.1) is 10.6 Å². The zero-order valence-electron chi connectivity index (χ0n) is 20.3. The highest BCUT2D eigenvalue weighted by Gasteiger charge is 2.14. The molecule has 190 valence electrons. The summed E-state index contributed by atoms with van der Waals surface area (Å²) in [5, 5.41) is 6.86. The molecule has 1 amide bonds. The molecule has 2 N–H and O–H groups in total. The van der Waals surface area contributed by atoms with Crippen LogP contribution >= 0.6 is 35.4 Å². The van der Waals surface area contributed by atoms with Gasteiger partial charge < -0.3 is 14.2 Å². The minimum atomic E-state index is -0.415. The average Bonchev–Trinajstić information content (AvgIpc) is 3.52. The first kappa shape index (κ1) is 25.7. The summed E-state index contributed by atoms with van der Waals surface area (Å²) in [5.41, 5.74) is 5.55. The van der Waals surface area contributed by atoms with Crippen LogP contribution in [-0.2, 0) is 4.79 Å². The second kappa shape index (κ2) is 10.8. The molecule has 0 unspecified atom stereocenters. The molecule has 5 aromatic rings. The molecule has 0 saturated carbocycles. The average molecular weight is 562 g/mol. The van der Waals surface area contributed by atoms with Crippen molar-refractivity contribution in [1.29, 1.82) is 0 Å². The van der Waals surface area contributed by atoms with Gasteiger partial charge in [-0.15, -0.1) is 0 Å². The van der Waals surface area contributed by atoms with Gasteiger partial charge in [0.15, 0.2) is 10.7 Å². The number of carbonyl (C=O) groups excluding carboxylic acids is 1. The van der Waals surface area contributed by atoms with Gasteiger partial charge in [0.2, 0.25) is 11.8 Å². The van der Waals surface area contributed by atoms with E-state index in [2.05, 4.69) is 15.6 Å². The molecule has 0 atom stereocenters. The third-order valence-electron chi connectivity index (χ3n) is 5.72. The summed E-state index contributed by atoms with van der Waals surface area (Å²) in [5.74, 6) is 1.14. The number of thiocarbonyl (C=S) groups is 1. The van der Waals surface area contributed by atoms with Crippen LogP contribution in [0, 0.1) is 13.8 Å². The van der Waals surface area contributed by atoms with Gasteiger partial charge in [0, 0.05) is 22.3 Å². The Morgan fingerprint density at radius 1 is 0.947 bits per heavy atom. The summed E-state index contributed by atoms with van der Waals surface area (Å²) in [6, 6.07) is 20.3. The molecular weight excluding hydrogens is 541 g/mol. The van der Waals surface area contributed by atoms with E-state index in [1.807, 2.05) is 56.3 Å². The third kappa shape index (κ3) is 5.81. The van der Waals surface area contributed by atoms with Gasteiger partial charge in [-0.05, 0) is 91.8 Å². The normalized spacial score (nSPS) is 11.3. The summed E-state index contributed by atoms with van der Waals surface area (Å²) in [6.45, 7) is 3.92. The van der Waals surface area contributed by atoms with E-state index in [0.29, 0.717) is 44.3 Å². The van der Waals surface area contributed by atoms with Gasteiger partial charge >= 0.3 is 0 Å². The number of fused-ring (bicyclic) bond motifs is 1. The van der Waals surface area contributed by atoms with Crippen molar-refractivity contribution in [1.82, 2.24) is 10.3 Å². The number of aromatic nitrogens is 1. The van der Waals surface area contributed by atoms with E-state index < -0.39 is 5.91 Å². The van der Waals surface area contributed by atoms with Crippen LogP contribution in [0.2, 0.25) is 10.0 Å². The number of anilines is 1. The van der Waals surface area contributed by atoms with Crippen molar-refractivity contribution in [3.8, 4) is 22.8 Å². The molecule has 0 bridgehead atoms. The summed E-state index contributed by atoms with van der Waals surface area (Å²) in [4.78, 5) is 17.0. The highest BCUT2D eigenvalue weighted by atomic mass is 35.5. The van der Waals surface area contributed by atoms with E-state index in [4.69, 9.17) is 44.3 Å². The maximum absolute atomic E-state index is 12.4. The fraction of sp³-hybridized carbons (Fsp3) is 0.0690. The molecule has 3 aromatic carbocycles. The van der Waals surface area contributed by atoms with Gasteiger partial charge in [-0.25, -0.2) is 4.98 Å². The molecule has 5 rings (SSSR count). The lowest BCUT2D eigenvalue weighted by atomic mass is 10.1. The fourth-order valence-corrected chi connectivity index (χ4v) is 4.33. The molecule has 0 spiro atoms. The molecular formula is C29H21Cl2N3O3S. The van der Waals surface area contributed by atoms with Gasteiger partial charge in [-0.2, -0.15) is 0 Å². The molecule has 0 aliphatic rings. The van der Waals surface area contributed by atoms with Crippen molar-refractivity contribution in [2.75, 3.05) is 5.32 Å². The molecule has 6 nitrogen and oxygen atoms in total. The molecule has 0 saturated heterocycles. The summed E-state index contributed by atoms with van der Waals surface area (Å²) in [7, 11) is 0. The lowest BCUT2D eigenvalue weighted by Crippen LogP contribution is -2.32. The fourth-order valence-electron chi connectivity index (χ4n) is 3.74. The third-order valence-corrected chi connectivity index (χ3v) is 6.66. The Hall–Kier alpha value is -3.91. The second-order valence-corrected chi connectivity index (χ2v) is 9.85.